The van der Waals surface area contributed by atoms with Gasteiger partial charge in [-0.3, -0.25) is 9.59 Å². The van der Waals surface area contributed by atoms with Gasteiger partial charge in [0.1, 0.15) is 5.01 Å². The molecule has 0 spiro atoms. The Bertz CT molecular complexity index is 1040. The van der Waals surface area contributed by atoms with Gasteiger partial charge < -0.3 is 16.0 Å². The molecule has 2 aromatic carbocycles. The van der Waals surface area contributed by atoms with Crippen molar-refractivity contribution in [2.24, 2.45) is 11.7 Å². The van der Waals surface area contributed by atoms with E-state index < -0.39 is 0 Å². The Morgan fingerprint density at radius 3 is 2.79 bits per heavy atom. The fraction of sp³-hybridized carbons (Fsp3) is 0.318. The quantitative estimate of drug-likeness (QED) is 0.602. The molecule has 1 saturated heterocycles. The summed E-state index contributed by atoms with van der Waals surface area (Å²) in [5, 5.41) is 3.92. The Hall–Kier alpha value is -2.77. The van der Waals surface area contributed by atoms with Crippen molar-refractivity contribution in [3.63, 3.8) is 0 Å². The summed E-state index contributed by atoms with van der Waals surface area (Å²) in [6, 6.07) is 14.0. The number of aromatic nitrogens is 1. The first-order valence-corrected chi connectivity index (χ1v) is 10.7. The lowest BCUT2D eigenvalue weighted by Crippen LogP contribution is -3.14. The molecule has 1 aromatic heterocycles. The number of amides is 2. The van der Waals surface area contributed by atoms with E-state index in [0.717, 1.165) is 46.1 Å². The molecule has 0 radical (unpaired) electrons. The highest BCUT2D eigenvalue weighted by Crippen LogP contribution is 2.31. The molecule has 2 heterocycles. The van der Waals surface area contributed by atoms with Crippen LogP contribution in [0.3, 0.4) is 0 Å². The van der Waals surface area contributed by atoms with E-state index in [1.807, 2.05) is 30.3 Å². The van der Waals surface area contributed by atoms with Crippen LogP contribution in [0.5, 0.6) is 0 Å². The number of hydrogen-bond acceptors (Lipinski definition) is 4. The van der Waals surface area contributed by atoms with E-state index in [2.05, 4.69) is 24.4 Å². The molecule has 1 aliphatic heterocycles. The molecule has 0 saturated carbocycles. The minimum absolute atomic E-state index is 0.0478. The van der Waals surface area contributed by atoms with Gasteiger partial charge in [-0.05, 0) is 61.7 Å². The topological polar surface area (TPSA) is 89.5 Å². The number of nitrogens with zero attached hydrogens (tertiary/aromatic N) is 1. The van der Waals surface area contributed by atoms with Crippen LogP contribution in [-0.4, -0.2) is 36.4 Å². The van der Waals surface area contributed by atoms with Crippen molar-refractivity contribution in [2.45, 2.75) is 19.8 Å². The van der Waals surface area contributed by atoms with Crippen LogP contribution in [0.25, 0.3) is 20.8 Å². The molecule has 6 nitrogen and oxygen atoms in total. The van der Waals surface area contributed by atoms with Gasteiger partial charge in [0.2, 0.25) is 5.91 Å². The first kappa shape index (κ1) is 19.5. The van der Waals surface area contributed by atoms with Crippen LogP contribution in [0.2, 0.25) is 0 Å². The zero-order valence-electron chi connectivity index (χ0n) is 16.4. The van der Waals surface area contributed by atoms with E-state index in [0.29, 0.717) is 13.1 Å². The van der Waals surface area contributed by atoms with E-state index in [1.54, 1.807) is 11.3 Å². The van der Waals surface area contributed by atoms with Gasteiger partial charge >= 0.3 is 0 Å². The fourth-order valence-corrected chi connectivity index (χ4v) is 4.91. The van der Waals surface area contributed by atoms with E-state index in [-0.39, 0.29) is 17.7 Å². The minimum Gasteiger partial charge on any atom is -0.369 e. The Labute approximate surface area is 173 Å². The van der Waals surface area contributed by atoms with Crippen LogP contribution < -0.4 is 16.0 Å². The molecule has 3 aromatic rings. The first-order valence-electron chi connectivity index (χ1n) is 9.88. The van der Waals surface area contributed by atoms with Crippen LogP contribution >= 0.6 is 11.3 Å². The lowest BCUT2D eigenvalue weighted by molar-refractivity contribution is -0.899. The number of carbonyl (C=O) groups is 2. The molecule has 2 atom stereocenters. The predicted molar refractivity (Wildman–Crippen MR) is 116 cm³/mol. The van der Waals surface area contributed by atoms with Crippen LogP contribution in [0.1, 0.15) is 18.4 Å². The highest BCUT2D eigenvalue weighted by atomic mass is 32.1. The number of nitrogens with one attached hydrogen (secondary N) is 2. The van der Waals surface area contributed by atoms with Gasteiger partial charge in [-0.25, -0.2) is 4.98 Å². The Morgan fingerprint density at radius 1 is 1.24 bits per heavy atom. The molecule has 1 unspecified atom stereocenters. The normalized spacial score (nSPS) is 19.2. The monoisotopic (exact) mass is 409 g/mol. The van der Waals surface area contributed by atoms with Gasteiger partial charge in [0, 0.05) is 11.3 Å². The Morgan fingerprint density at radius 2 is 2.03 bits per heavy atom. The highest BCUT2D eigenvalue weighted by Gasteiger charge is 2.28. The molecule has 4 rings (SSSR count). The number of thiazole rings is 1. The number of aryl methyl sites for hydroxylation is 1. The van der Waals surface area contributed by atoms with E-state index >= 15 is 0 Å². The SMILES string of the molecule is Cc1ccc2nc(-c3ccc(NC(=O)C[NH+]4CCC[C@@H](C(N)=O)C4)cc3)sc2c1. The molecule has 4 N–H and O–H groups in total. The van der Waals surface area contributed by atoms with Crippen molar-refractivity contribution < 1.29 is 14.5 Å². The molecule has 29 heavy (non-hydrogen) atoms. The summed E-state index contributed by atoms with van der Waals surface area (Å²) in [6.45, 7) is 3.96. The molecule has 1 aliphatic rings. The maximum Gasteiger partial charge on any atom is 0.279 e. The number of nitrogens with two attached hydrogens (primary N) is 1. The standard InChI is InChI=1S/C22H24N4O2S/c1-14-4-9-18-19(11-14)29-22(25-18)15-5-7-17(8-6-15)24-20(27)13-26-10-2-3-16(12-26)21(23)28/h4-9,11,16H,2-3,10,12-13H2,1H3,(H2,23,28)(H,24,27)/p+1/t16-/m1/s1. The third kappa shape index (κ3) is 4.63. The van der Waals surface area contributed by atoms with Gasteiger partial charge in [0.05, 0.1) is 29.2 Å². The Kier molecular flexibility index (Phi) is 5.60. The van der Waals surface area contributed by atoms with Crippen LogP contribution in [0.4, 0.5) is 5.69 Å². The number of likely N-dealkylation sites (tertiary alicyclic amines) is 1. The third-order valence-corrected chi connectivity index (χ3v) is 6.46. The lowest BCUT2D eigenvalue weighted by Gasteiger charge is -2.27. The molecule has 150 valence electrons. The zero-order valence-corrected chi connectivity index (χ0v) is 17.2. The number of carbonyl (C=O) groups excluding carboxylic acids is 2. The maximum absolute atomic E-state index is 12.4. The van der Waals surface area contributed by atoms with Gasteiger partial charge in [-0.15, -0.1) is 11.3 Å². The second-order valence-corrected chi connectivity index (χ2v) is 8.77. The van der Waals surface area contributed by atoms with Crippen molar-refractivity contribution in [2.75, 3.05) is 25.0 Å². The van der Waals surface area contributed by atoms with E-state index in [4.69, 9.17) is 10.7 Å². The average molecular weight is 410 g/mol. The van der Waals surface area contributed by atoms with Gasteiger partial charge in [-0.2, -0.15) is 0 Å². The summed E-state index contributed by atoms with van der Waals surface area (Å²) >= 11 is 1.67. The average Bonchev–Trinajstić information content (AvgIpc) is 3.11. The number of fused-ring (bicyclic) bond motifs is 1. The van der Waals surface area contributed by atoms with Crippen LogP contribution in [0.15, 0.2) is 42.5 Å². The Balaban J connectivity index is 1.38. The van der Waals surface area contributed by atoms with Gasteiger partial charge in [0.15, 0.2) is 6.54 Å². The predicted octanol–water partition coefficient (Wildman–Crippen LogP) is 1.99. The second-order valence-electron chi connectivity index (χ2n) is 7.74. The first-order chi connectivity index (χ1) is 14.0. The number of hydrogen-bond donors (Lipinski definition) is 3. The highest BCUT2D eigenvalue weighted by molar-refractivity contribution is 7.21. The number of piperidine rings is 1. The van der Waals surface area contributed by atoms with Crippen LogP contribution in [0, 0.1) is 12.8 Å². The molecule has 0 aliphatic carbocycles. The molecule has 2 amide bonds. The van der Waals surface area contributed by atoms with Gasteiger partial charge in [0.25, 0.3) is 5.91 Å². The zero-order chi connectivity index (χ0) is 20.4. The lowest BCUT2D eigenvalue weighted by atomic mass is 9.97. The molecule has 1 fully saturated rings. The number of benzene rings is 2. The number of rotatable bonds is 5. The number of primary amides is 1. The third-order valence-electron chi connectivity index (χ3n) is 5.39. The summed E-state index contributed by atoms with van der Waals surface area (Å²) in [7, 11) is 0. The van der Waals surface area contributed by atoms with Crippen molar-refractivity contribution in [1.29, 1.82) is 0 Å². The van der Waals surface area contributed by atoms with Crippen molar-refractivity contribution >= 4 is 39.1 Å². The van der Waals surface area contributed by atoms with Crippen molar-refractivity contribution in [3.8, 4) is 10.6 Å². The largest absolute Gasteiger partial charge is 0.369 e. The minimum atomic E-state index is -0.261. The second kappa shape index (κ2) is 8.31. The molecular weight excluding hydrogens is 384 g/mol. The summed E-state index contributed by atoms with van der Waals surface area (Å²) in [5.74, 6) is -0.431. The van der Waals surface area contributed by atoms with E-state index in [9.17, 15) is 9.59 Å². The van der Waals surface area contributed by atoms with E-state index in [1.165, 1.54) is 10.3 Å². The molecule has 0 bridgehead atoms. The smallest absolute Gasteiger partial charge is 0.279 e. The molecular formula is C22H25N4O2S+. The van der Waals surface area contributed by atoms with Crippen molar-refractivity contribution in [1.82, 2.24) is 4.98 Å². The van der Waals surface area contributed by atoms with Crippen molar-refractivity contribution in [3.05, 3.63) is 48.0 Å². The number of quaternary nitrogens is 1. The van der Waals surface area contributed by atoms with Crippen LogP contribution in [-0.2, 0) is 9.59 Å². The fourth-order valence-electron chi connectivity index (χ4n) is 3.84. The molecule has 7 heteroatoms. The maximum atomic E-state index is 12.4. The summed E-state index contributed by atoms with van der Waals surface area (Å²) < 4.78 is 1.18. The summed E-state index contributed by atoms with van der Waals surface area (Å²) in [4.78, 5) is 29.6. The van der Waals surface area contributed by atoms with Gasteiger partial charge in [-0.1, -0.05) is 6.07 Å². The number of anilines is 1. The summed E-state index contributed by atoms with van der Waals surface area (Å²) in [5.41, 5.74) is 9.45. The summed E-state index contributed by atoms with van der Waals surface area (Å²) in [6.07, 6.45) is 1.75.